The number of likely N-dealkylation sites (tertiary alicyclic amines) is 2. The molecule has 4 heterocycles. The Kier molecular flexibility index (Phi) is 7.49. The number of hydrogen-bond acceptors (Lipinski definition) is 6. The zero-order valence-electron chi connectivity index (χ0n) is 22.8. The molecule has 0 saturated carbocycles. The number of hydrogen-bond donors (Lipinski definition) is 1. The van der Waals surface area contributed by atoms with E-state index in [2.05, 4.69) is 16.3 Å². The molecule has 0 spiro atoms. The first kappa shape index (κ1) is 26.7. The summed E-state index contributed by atoms with van der Waals surface area (Å²) in [7, 11) is 0. The zero-order valence-corrected chi connectivity index (χ0v) is 22.8. The Labute approximate surface area is 224 Å². The average molecular weight is 525 g/mol. The number of imide groups is 1. The maximum atomic E-state index is 13.1. The Hall–Kier alpha value is -2.94. The Morgan fingerprint density at radius 1 is 1.00 bits per heavy atom. The van der Waals surface area contributed by atoms with E-state index >= 15 is 0 Å². The molecule has 0 bridgehead atoms. The maximum Gasteiger partial charge on any atom is 0.410 e. The highest BCUT2D eigenvalue weighted by atomic mass is 16.6. The van der Waals surface area contributed by atoms with Crippen molar-refractivity contribution < 1.29 is 23.9 Å². The molecule has 4 aliphatic heterocycles. The third kappa shape index (κ3) is 5.72. The third-order valence-corrected chi connectivity index (χ3v) is 8.47. The van der Waals surface area contributed by atoms with Gasteiger partial charge in [-0.15, -0.1) is 0 Å². The van der Waals surface area contributed by atoms with Gasteiger partial charge in [-0.3, -0.25) is 19.7 Å². The summed E-state index contributed by atoms with van der Waals surface area (Å²) in [5.41, 5.74) is 2.47. The van der Waals surface area contributed by atoms with E-state index in [4.69, 9.17) is 4.74 Å². The van der Waals surface area contributed by atoms with Gasteiger partial charge in [0, 0.05) is 37.7 Å². The fourth-order valence-corrected chi connectivity index (χ4v) is 6.41. The largest absolute Gasteiger partial charge is 0.444 e. The van der Waals surface area contributed by atoms with Gasteiger partial charge in [-0.1, -0.05) is 12.1 Å². The van der Waals surface area contributed by atoms with Crippen LogP contribution in [0.25, 0.3) is 0 Å². The first-order valence-electron chi connectivity index (χ1n) is 14.1. The van der Waals surface area contributed by atoms with Crippen LogP contribution in [0.2, 0.25) is 0 Å². The predicted octanol–water partition coefficient (Wildman–Crippen LogP) is 3.10. The van der Waals surface area contributed by atoms with Gasteiger partial charge in [0.2, 0.25) is 11.8 Å². The van der Waals surface area contributed by atoms with Gasteiger partial charge in [0.15, 0.2) is 0 Å². The van der Waals surface area contributed by atoms with Gasteiger partial charge in [-0.2, -0.15) is 0 Å². The van der Waals surface area contributed by atoms with Crippen LogP contribution in [-0.2, 0) is 27.3 Å². The first-order valence-corrected chi connectivity index (χ1v) is 14.1. The second kappa shape index (κ2) is 10.7. The molecule has 1 aromatic carbocycles. The number of carbonyl (C=O) groups excluding carboxylic acids is 4. The molecule has 1 aromatic rings. The molecule has 4 amide bonds. The molecular weight excluding hydrogens is 484 g/mol. The molecule has 4 aliphatic rings. The molecule has 1 N–H and O–H groups in total. The van der Waals surface area contributed by atoms with Crippen molar-refractivity contribution in [2.45, 2.75) is 89.9 Å². The third-order valence-electron chi connectivity index (χ3n) is 8.47. The number of piperidine rings is 3. The van der Waals surface area contributed by atoms with Gasteiger partial charge in [0.05, 0.1) is 0 Å². The van der Waals surface area contributed by atoms with Crippen molar-refractivity contribution in [1.82, 2.24) is 20.0 Å². The Morgan fingerprint density at radius 3 is 2.37 bits per heavy atom. The Bertz CT molecular complexity index is 1100. The summed E-state index contributed by atoms with van der Waals surface area (Å²) >= 11 is 0. The molecular formula is C29H40N4O5. The molecule has 9 heteroatoms. The van der Waals surface area contributed by atoms with Crippen LogP contribution < -0.4 is 5.32 Å². The number of ether oxygens (including phenoxy) is 1. The van der Waals surface area contributed by atoms with E-state index in [0.717, 1.165) is 63.8 Å². The number of nitrogens with one attached hydrogen (secondary N) is 1. The zero-order chi connectivity index (χ0) is 27.0. The van der Waals surface area contributed by atoms with Crippen molar-refractivity contribution >= 4 is 23.8 Å². The quantitative estimate of drug-likeness (QED) is 0.608. The molecule has 1 atom stereocenters. The number of fused-ring (bicyclic) bond motifs is 1. The summed E-state index contributed by atoms with van der Waals surface area (Å²) in [5.74, 6) is -0.187. The summed E-state index contributed by atoms with van der Waals surface area (Å²) in [6, 6.07) is 5.87. The van der Waals surface area contributed by atoms with Gasteiger partial charge in [-0.25, -0.2) is 4.79 Å². The van der Waals surface area contributed by atoms with Crippen LogP contribution in [0.1, 0.15) is 80.8 Å². The van der Waals surface area contributed by atoms with Crippen molar-refractivity contribution in [2.24, 2.45) is 5.92 Å². The summed E-state index contributed by atoms with van der Waals surface area (Å²) in [5, 5.41) is 2.38. The fraction of sp³-hybridized carbons (Fsp3) is 0.655. The molecule has 0 aromatic heterocycles. The van der Waals surface area contributed by atoms with Crippen molar-refractivity contribution in [3.63, 3.8) is 0 Å². The van der Waals surface area contributed by atoms with Gasteiger partial charge in [-0.05, 0) is 95.5 Å². The van der Waals surface area contributed by atoms with Crippen LogP contribution in [0.4, 0.5) is 4.79 Å². The SMILES string of the molecule is CC(C)(C)OC(=O)N1CCC(N2CCC(Cc3cccc4c3CN(C3CCC(=O)NC3=O)C4=O)CC2)CC1. The second-order valence-electron chi connectivity index (χ2n) is 12.2. The number of nitrogens with zero attached hydrogens (tertiary/aromatic N) is 3. The molecule has 3 fully saturated rings. The average Bonchev–Trinajstić information content (AvgIpc) is 3.21. The minimum absolute atomic E-state index is 0.108. The van der Waals surface area contributed by atoms with Crippen LogP contribution in [-0.4, -0.2) is 82.4 Å². The highest BCUT2D eigenvalue weighted by Gasteiger charge is 2.40. The maximum absolute atomic E-state index is 13.1. The standard InChI is InChI=1S/C29H40N4O5/c1-29(2,3)38-28(37)32-15-11-21(12-16-32)31-13-9-19(10-14-31)17-20-5-4-6-22-23(20)18-33(27(22)36)24-7-8-25(34)30-26(24)35/h4-6,19,21,24H,7-18H2,1-3H3,(H,30,34,35). The molecule has 3 saturated heterocycles. The highest BCUT2D eigenvalue weighted by Crippen LogP contribution is 2.33. The number of amides is 4. The number of rotatable bonds is 4. The van der Waals surface area contributed by atoms with E-state index in [1.54, 1.807) is 4.90 Å². The highest BCUT2D eigenvalue weighted by molar-refractivity contribution is 6.05. The van der Waals surface area contributed by atoms with Crippen molar-refractivity contribution in [2.75, 3.05) is 26.2 Å². The Balaban J connectivity index is 1.13. The fourth-order valence-electron chi connectivity index (χ4n) is 6.41. The lowest BCUT2D eigenvalue weighted by atomic mass is 9.86. The molecule has 38 heavy (non-hydrogen) atoms. The van der Waals surface area contributed by atoms with Gasteiger partial charge < -0.3 is 19.4 Å². The van der Waals surface area contributed by atoms with Crippen LogP contribution in [0.5, 0.6) is 0 Å². The summed E-state index contributed by atoms with van der Waals surface area (Å²) in [6.45, 7) is 9.73. The van der Waals surface area contributed by atoms with Crippen LogP contribution in [0, 0.1) is 5.92 Å². The minimum atomic E-state index is -0.578. The van der Waals surface area contributed by atoms with E-state index < -0.39 is 11.6 Å². The van der Waals surface area contributed by atoms with E-state index in [1.807, 2.05) is 37.8 Å². The predicted molar refractivity (Wildman–Crippen MR) is 141 cm³/mol. The topological polar surface area (TPSA) is 99.3 Å². The van der Waals surface area contributed by atoms with Gasteiger partial charge in [0.25, 0.3) is 5.91 Å². The molecule has 5 rings (SSSR count). The molecule has 1 unspecified atom stereocenters. The van der Waals surface area contributed by atoms with Gasteiger partial charge >= 0.3 is 6.09 Å². The van der Waals surface area contributed by atoms with Crippen LogP contribution in [0.15, 0.2) is 18.2 Å². The van der Waals surface area contributed by atoms with Gasteiger partial charge in [0.1, 0.15) is 11.6 Å². The molecule has 9 nitrogen and oxygen atoms in total. The summed E-state index contributed by atoms with van der Waals surface area (Å²) < 4.78 is 5.53. The van der Waals surface area contributed by atoms with E-state index in [0.29, 0.717) is 30.5 Å². The van der Waals surface area contributed by atoms with E-state index in [-0.39, 0.29) is 30.2 Å². The van der Waals surface area contributed by atoms with Crippen LogP contribution >= 0.6 is 0 Å². The summed E-state index contributed by atoms with van der Waals surface area (Å²) in [4.78, 5) is 55.6. The molecule has 0 aliphatic carbocycles. The van der Waals surface area contributed by atoms with E-state index in [9.17, 15) is 19.2 Å². The Morgan fingerprint density at radius 2 is 1.71 bits per heavy atom. The second-order valence-corrected chi connectivity index (χ2v) is 12.2. The smallest absolute Gasteiger partial charge is 0.410 e. The molecule has 206 valence electrons. The normalized spacial score (nSPS) is 24.0. The number of carbonyl (C=O) groups is 4. The van der Waals surface area contributed by atoms with Crippen molar-refractivity contribution in [3.05, 3.63) is 34.9 Å². The monoisotopic (exact) mass is 524 g/mol. The van der Waals surface area contributed by atoms with Crippen LogP contribution in [0.3, 0.4) is 0 Å². The van der Waals surface area contributed by atoms with Crippen molar-refractivity contribution in [1.29, 1.82) is 0 Å². The lowest BCUT2D eigenvalue weighted by Crippen LogP contribution is -2.52. The lowest BCUT2D eigenvalue weighted by molar-refractivity contribution is -0.136. The minimum Gasteiger partial charge on any atom is -0.444 e. The van der Waals surface area contributed by atoms with Crippen molar-refractivity contribution in [3.8, 4) is 0 Å². The molecule has 0 radical (unpaired) electrons. The lowest BCUT2D eigenvalue weighted by Gasteiger charge is -2.42. The first-order chi connectivity index (χ1) is 18.1. The van der Waals surface area contributed by atoms with E-state index in [1.165, 1.54) is 5.56 Å². The summed E-state index contributed by atoms with van der Waals surface area (Å²) in [6.07, 6.45) is 5.56. The number of benzene rings is 1.